The van der Waals surface area contributed by atoms with E-state index in [4.69, 9.17) is 0 Å². The van der Waals surface area contributed by atoms with E-state index >= 15 is 0 Å². The lowest BCUT2D eigenvalue weighted by Gasteiger charge is -2.12. The number of carbonyl (C=O) groups is 1. The van der Waals surface area contributed by atoms with Crippen LogP contribution in [0.3, 0.4) is 0 Å². The van der Waals surface area contributed by atoms with Crippen molar-refractivity contribution >= 4 is 11.6 Å². The van der Waals surface area contributed by atoms with Gasteiger partial charge in [0.25, 0.3) is 0 Å². The van der Waals surface area contributed by atoms with Crippen molar-refractivity contribution in [1.29, 1.82) is 0 Å². The van der Waals surface area contributed by atoms with Crippen molar-refractivity contribution in [2.24, 2.45) is 0 Å². The number of rotatable bonds is 4. The van der Waals surface area contributed by atoms with E-state index in [2.05, 4.69) is 0 Å². The van der Waals surface area contributed by atoms with Crippen molar-refractivity contribution in [3.05, 3.63) is 29.1 Å². The Balaban J connectivity index is 2.79. The fraction of sp³-hybridized carbons (Fsp3) is 0.300. The minimum absolute atomic E-state index is 1.12. The zero-order valence-corrected chi connectivity index (χ0v) is 9.85. The van der Waals surface area contributed by atoms with E-state index in [0.717, 1.165) is 0 Å². The summed E-state index contributed by atoms with van der Waals surface area (Å²) in [5, 5.41) is 2.89. The molecule has 0 aliphatic rings. The van der Waals surface area contributed by atoms with Gasteiger partial charge in [-0.3, -0.25) is 4.79 Å². The van der Waals surface area contributed by atoms with Crippen LogP contribution in [0, 0.1) is 29.1 Å². The summed E-state index contributed by atoms with van der Waals surface area (Å²) >= 11 is 0. The number of anilines is 1. The molecular formula is C10H6F8N2O. The van der Waals surface area contributed by atoms with Gasteiger partial charge in [0, 0.05) is 0 Å². The zero-order chi connectivity index (χ0) is 16.4. The molecule has 1 aromatic rings. The Morgan fingerprint density at radius 3 is 1.71 bits per heavy atom. The third-order valence-electron chi connectivity index (χ3n) is 2.12. The average molecular weight is 322 g/mol. The van der Waals surface area contributed by atoms with Gasteiger partial charge in [-0.15, -0.1) is 0 Å². The number of amides is 1. The maximum Gasteiger partial charge on any atom is 0.405 e. The second-order valence-corrected chi connectivity index (χ2v) is 3.69. The third-order valence-corrected chi connectivity index (χ3v) is 2.12. The fourth-order valence-corrected chi connectivity index (χ4v) is 1.19. The molecule has 0 fully saturated rings. The summed E-state index contributed by atoms with van der Waals surface area (Å²) in [4.78, 5) is 10.9. The van der Waals surface area contributed by atoms with Crippen LogP contribution in [0.1, 0.15) is 0 Å². The van der Waals surface area contributed by atoms with E-state index < -0.39 is 59.9 Å². The van der Waals surface area contributed by atoms with E-state index in [1.807, 2.05) is 0 Å². The second kappa shape index (κ2) is 6.14. The first-order valence-electron chi connectivity index (χ1n) is 5.13. The molecule has 0 bridgehead atoms. The molecule has 0 heterocycles. The summed E-state index contributed by atoms with van der Waals surface area (Å²) in [5.74, 6) is -12.7. The summed E-state index contributed by atoms with van der Waals surface area (Å²) in [6.07, 6.45) is -4.71. The molecule has 0 saturated heterocycles. The van der Waals surface area contributed by atoms with Crippen molar-refractivity contribution in [1.82, 2.24) is 5.32 Å². The van der Waals surface area contributed by atoms with Crippen molar-refractivity contribution in [3.63, 3.8) is 0 Å². The van der Waals surface area contributed by atoms with Crippen LogP contribution in [0.4, 0.5) is 40.8 Å². The highest BCUT2D eigenvalue weighted by Gasteiger charge is 2.28. The molecule has 0 aliphatic carbocycles. The van der Waals surface area contributed by atoms with Crippen molar-refractivity contribution in [3.8, 4) is 0 Å². The highest BCUT2D eigenvalue weighted by molar-refractivity contribution is 5.80. The van der Waals surface area contributed by atoms with Gasteiger partial charge >= 0.3 is 6.18 Å². The highest BCUT2D eigenvalue weighted by atomic mass is 19.4. The lowest BCUT2D eigenvalue weighted by atomic mass is 10.2. The summed E-state index contributed by atoms with van der Waals surface area (Å²) in [5.41, 5.74) is -1.51. The van der Waals surface area contributed by atoms with Crippen LogP contribution in [0.25, 0.3) is 0 Å². The van der Waals surface area contributed by atoms with Crippen LogP contribution in [0.15, 0.2) is 0 Å². The number of halogens is 8. The van der Waals surface area contributed by atoms with Gasteiger partial charge in [-0.2, -0.15) is 13.2 Å². The Morgan fingerprint density at radius 1 is 0.857 bits per heavy atom. The van der Waals surface area contributed by atoms with Crippen LogP contribution < -0.4 is 10.6 Å². The monoisotopic (exact) mass is 322 g/mol. The quantitative estimate of drug-likeness (QED) is 0.508. The van der Waals surface area contributed by atoms with Crippen molar-refractivity contribution in [2.45, 2.75) is 6.18 Å². The Labute approximate surface area is 111 Å². The van der Waals surface area contributed by atoms with E-state index in [1.54, 1.807) is 5.32 Å². The number of alkyl halides is 3. The third kappa shape index (κ3) is 4.20. The molecule has 1 aromatic carbocycles. The summed E-state index contributed by atoms with van der Waals surface area (Å²) in [6, 6.07) is 0. The van der Waals surface area contributed by atoms with E-state index in [1.165, 1.54) is 5.32 Å². The van der Waals surface area contributed by atoms with Gasteiger partial charge in [-0.25, -0.2) is 22.0 Å². The Bertz CT molecular complexity index is 528. The number of benzene rings is 1. The molecule has 0 radical (unpaired) electrons. The first-order valence-corrected chi connectivity index (χ1v) is 5.13. The maximum atomic E-state index is 13.1. The molecule has 21 heavy (non-hydrogen) atoms. The van der Waals surface area contributed by atoms with E-state index in [9.17, 15) is 39.9 Å². The normalized spacial score (nSPS) is 11.4. The molecule has 1 rings (SSSR count). The van der Waals surface area contributed by atoms with Gasteiger partial charge in [0.15, 0.2) is 23.3 Å². The molecule has 0 unspecified atom stereocenters. The first kappa shape index (κ1) is 17.0. The van der Waals surface area contributed by atoms with Crippen LogP contribution in [-0.2, 0) is 4.79 Å². The molecule has 0 aromatic heterocycles. The van der Waals surface area contributed by atoms with Crippen LogP contribution in [0.5, 0.6) is 0 Å². The number of hydrogen-bond acceptors (Lipinski definition) is 2. The second-order valence-electron chi connectivity index (χ2n) is 3.69. The zero-order valence-electron chi connectivity index (χ0n) is 9.85. The van der Waals surface area contributed by atoms with Gasteiger partial charge in [0.1, 0.15) is 12.2 Å². The molecule has 0 aliphatic heterocycles. The summed E-state index contributed by atoms with van der Waals surface area (Å²) in [7, 11) is 0. The molecule has 11 heteroatoms. The number of hydrogen-bond donors (Lipinski definition) is 2. The van der Waals surface area contributed by atoms with Crippen molar-refractivity contribution < 1.29 is 39.9 Å². The standard InChI is InChI=1S/C10H6F8N2O/c11-4-5(12)7(14)9(8(15)6(4)13)19-1-3(21)20-2-10(16,17)18/h19H,1-2H2,(H,20,21). The average Bonchev–Trinajstić information content (AvgIpc) is 2.40. The number of nitrogens with one attached hydrogen (secondary N) is 2. The molecule has 0 saturated carbocycles. The minimum Gasteiger partial charge on any atom is -0.371 e. The SMILES string of the molecule is O=C(CNc1c(F)c(F)c(F)c(F)c1F)NCC(F)(F)F. The molecule has 1 amide bonds. The Morgan fingerprint density at radius 2 is 1.29 bits per heavy atom. The lowest BCUT2D eigenvalue weighted by Crippen LogP contribution is -2.37. The molecular weight excluding hydrogens is 316 g/mol. The maximum absolute atomic E-state index is 13.1. The summed E-state index contributed by atoms with van der Waals surface area (Å²) in [6.45, 7) is -2.82. The smallest absolute Gasteiger partial charge is 0.371 e. The van der Waals surface area contributed by atoms with Gasteiger partial charge in [-0.05, 0) is 0 Å². The summed E-state index contributed by atoms with van der Waals surface area (Å²) < 4.78 is 99.8. The first-order chi connectivity index (χ1) is 9.54. The lowest BCUT2D eigenvalue weighted by molar-refractivity contribution is -0.137. The van der Waals surface area contributed by atoms with Crippen LogP contribution in [-0.4, -0.2) is 25.2 Å². The number of carbonyl (C=O) groups excluding carboxylic acids is 1. The van der Waals surface area contributed by atoms with E-state index in [-0.39, 0.29) is 0 Å². The molecule has 2 N–H and O–H groups in total. The van der Waals surface area contributed by atoms with Crippen molar-refractivity contribution in [2.75, 3.05) is 18.4 Å². The predicted molar refractivity (Wildman–Crippen MR) is 53.8 cm³/mol. The van der Waals surface area contributed by atoms with Gasteiger partial charge in [0.2, 0.25) is 11.7 Å². The van der Waals surface area contributed by atoms with Gasteiger partial charge in [0.05, 0.1) is 6.54 Å². The van der Waals surface area contributed by atoms with Gasteiger partial charge < -0.3 is 10.6 Å². The minimum atomic E-state index is -4.71. The Kier molecular flexibility index (Phi) is 4.97. The topological polar surface area (TPSA) is 41.1 Å². The highest BCUT2D eigenvalue weighted by Crippen LogP contribution is 2.26. The van der Waals surface area contributed by atoms with Crippen LogP contribution in [0.2, 0.25) is 0 Å². The molecule has 3 nitrogen and oxygen atoms in total. The molecule has 118 valence electrons. The largest absolute Gasteiger partial charge is 0.405 e. The van der Waals surface area contributed by atoms with E-state index in [0.29, 0.717) is 0 Å². The fourth-order valence-electron chi connectivity index (χ4n) is 1.19. The Hall–Kier alpha value is -2.07. The van der Waals surface area contributed by atoms with Crippen LogP contribution >= 0.6 is 0 Å². The predicted octanol–water partition coefficient (Wildman–Crippen LogP) is 2.47. The van der Waals surface area contributed by atoms with Gasteiger partial charge in [-0.1, -0.05) is 0 Å². The molecule has 0 spiro atoms. The molecule has 0 atom stereocenters.